The molecule has 0 saturated carbocycles. The van der Waals surface area contributed by atoms with Crippen LogP contribution in [0.5, 0.6) is 0 Å². The molecule has 0 spiro atoms. The van der Waals surface area contributed by atoms with Gasteiger partial charge in [-0.2, -0.15) is 5.26 Å². The Morgan fingerprint density at radius 1 is 1.56 bits per heavy atom. The van der Waals surface area contributed by atoms with E-state index < -0.39 is 0 Å². The van der Waals surface area contributed by atoms with Crippen molar-refractivity contribution in [3.63, 3.8) is 0 Å². The monoisotopic (exact) mass is 263 g/mol. The Balaban J connectivity index is 2.08. The summed E-state index contributed by atoms with van der Waals surface area (Å²) in [5.74, 6) is -0.0697. The molecule has 1 aromatic carbocycles. The number of rotatable bonds is 2. The smallest absolute Gasteiger partial charge is 0.228 e. The molecule has 1 aliphatic heterocycles. The number of carbonyl (C=O) groups excluding carboxylic acids is 1. The topological polar surface area (TPSA) is 64.9 Å². The van der Waals surface area contributed by atoms with Gasteiger partial charge in [0, 0.05) is 6.54 Å². The van der Waals surface area contributed by atoms with Gasteiger partial charge in [-0.15, -0.1) is 0 Å². The number of nitrogens with one attached hydrogen (secondary N) is 2. The Labute approximate surface area is 111 Å². The van der Waals surface area contributed by atoms with Gasteiger partial charge in [0.1, 0.15) is 0 Å². The third-order valence-electron chi connectivity index (χ3n) is 3.02. The van der Waals surface area contributed by atoms with Crippen molar-refractivity contribution < 1.29 is 4.79 Å². The first-order chi connectivity index (χ1) is 8.70. The van der Waals surface area contributed by atoms with Crippen molar-refractivity contribution in [2.75, 3.05) is 18.4 Å². The van der Waals surface area contributed by atoms with Crippen molar-refractivity contribution in [2.45, 2.75) is 12.8 Å². The zero-order chi connectivity index (χ0) is 13.0. The molecule has 1 aromatic rings. The van der Waals surface area contributed by atoms with Gasteiger partial charge in [0.2, 0.25) is 5.91 Å². The van der Waals surface area contributed by atoms with E-state index in [1.807, 2.05) is 6.07 Å². The quantitative estimate of drug-likeness (QED) is 0.859. The highest BCUT2D eigenvalue weighted by molar-refractivity contribution is 6.33. The SMILES string of the molecule is N#Cc1ccc(Cl)c(NC(=O)C2CCCNC2)c1. The molecule has 94 valence electrons. The molecule has 0 aromatic heterocycles. The highest BCUT2D eigenvalue weighted by Gasteiger charge is 2.21. The van der Waals surface area contributed by atoms with Crippen molar-refractivity contribution in [1.82, 2.24) is 5.32 Å². The first-order valence-corrected chi connectivity index (χ1v) is 6.29. The van der Waals surface area contributed by atoms with Crippen LogP contribution < -0.4 is 10.6 Å². The molecule has 18 heavy (non-hydrogen) atoms. The number of benzene rings is 1. The van der Waals surface area contributed by atoms with E-state index in [0.29, 0.717) is 22.8 Å². The minimum atomic E-state index is -0.0424. The number of carbonyl (C=O) groups is 1. The Morgan fingerprint density at radius 3 is 3.06 bits per heavy atom. The normalized spacial score (nSPS) is 19.0. The molecule has 5 heteroatoms. The molecular weight excluding hydrogens is 250 g/mol. The van der Waals surface area contributed by atoms with Crippen molar-refractivity contribution in [3.05, 3.63) is 28.8 Å². The molecule has 1 unspecified atom stereocenters. The number of hydrogen-bond acceptors (Lipinski definition) is 3. The molecule has 0 aliphatic carbocycles. The fourth-order valence-corrected chi connectivity index (χ4v) is 2.17. The third-order valence-corrected chi connectivity index (χ3v) is 3.35. The van der Waals surface area contributed by atoms with Crippen LogP contribution >= 0.6 is 11.6 Å². The van der Waals surface area contributed by atoms with Gasteiger partial charge in [0.25, 0.3) is 0 Å². The highest BCUT2D eigenvalue weighted by Crippen LogP contribution is 2.24. The molecule has 1 amide bonds. The Kier molecular flexibility index (Phi) is 4.19. The summed E-state index contributed by atoms with van der Waals surface area (Å²) < 4.78 is 0. The molecule has 2 N–H and O–H groups in total. The molecule has 0 radical (unpaired) electrons. The zero-order valence-electron chi connectivity index (χ0n) is 9.87. The number of piperidine rings is 1. The summed E-state index contributed by atoms with van der Waals surface area (Å²) in [6, 6.07) is 6.86. The summed E-state index contributed by atoms with van der Waals surface area (Å²) in [6.45, 7) is 1.66. The van der Waals surface area contributed by atoms with Crippen LogP contribution in [0, 0.1) is 17.2 Å². The average Bonchev–Trinajstić information content (AvgIpc) is 2.42. The summed E-state index contributed by atoms with van der Waals surface area (Å²) in [6.07, 6.45) is 1.89. The van der Waals surface area contributed by atoms with Gasteiger partial charge in [-0.05, 0) is 37.6 Å². The maximum Gasteiger partial charge on any atom is 0.228 e. The van der Waals surface area contributed by atoms with Gasteiger partial charge in [-0.1, -0.05) is 11.6 Å². The molecule has 4 nitrogen and oxygen atoms in total. The number of nitrogens with zero attached hydrogens (tertiary/aromatic N) is 1. The van der Waals surface area contributed by atoms with Crippen LogP contribution in [0.3, 0.4) is 0 Å². The van der Waals surface area contributed by atoms with Crippen LogP contribution in [0.25, 0.3) is 0 Å². The predicted molar refractivity (Wildman–Crippen MR) is 70.4 cm³/mol. The summed E-state index contributed by atoms with van der Waals surface area (Å²) >= 11 is 6.00. The lowest BCUT2D eigenvalue weighted by atomic mass is 9.99. The van der Waals surface area contributed by atoms with Gasteiger partial charge in [-0.3, -0.25) is 4.79 Å². The second-order valence-electron chi connectivity index (χ2n) is 4.34. The molecular formula is C13H14ClN3O. The molecule has 1 heterocycles. The standard InChI is InChI=1S/C13H14ClN3O/c14-11-4-3-9(7-15)6-12(11)17-13(18)10-2-1-5-16-8-10/h3-4,6,10,16H,1-2,5,8H2,(H,17,18). The van der Waals surface area contributed by atoms with Crippen molar-refractivity contribution in [3.8, 4) is 6.07 Å². The van der Waals surface area contributed by atoms with E-state index in [0.717, 1.165) is 19.4 Å². The van der Waals surface area contributed by atoms with E-state index in [1.54, 1.807) is 18.2 Å². The Hall–Kier alpha value is -1.57. The van der Waals surface area contributed by atoms with Gasteiger partial charge >= 0.3 is 0 Å². The summed E-state index contributed by atoms with van der Waals surface area (Å²) in [5, 5.41) is 15.3. The van der Waals surface area contributed by atoms with Crippen molar-refractivity contribution in [1.29, 1.82) is 5.26 Å². The Bertz CT molecular complexity index is 489. The van der Waals surface area contributed by atoms with E-state index in [9.17, 15) is 4.79 Å². The molecule has 1 saturated heterocycles. The zero-order valence-corrected chi connectivity index (χ0v) is 10.6. The summed E-state index contributed by atoms with van der Waals surface area (Å²) in [5.41, 5.74) is 0.989. The lowest BCUT2D eigenvalue weighted by Crippen LogP contribution is -2.37. The van der Waals surface area contributed by atoms with Crippen molar-refractivity contribution >= 4 is 23.2 Å². The first kappa shape index (κ1) is 12.9. The number of nitriles is 1. The van der Waals surface area contributed by atoms with Gasteiger partial charge in [-0.25, -0.2) is 0 Å². The average molecular weight is 264 g/mol. The van der Waals surface area contributed by atoms with Gasteiger partial charge < -0.3 is 10.6 Å². The molecule has 0 bridgehead atoms. The number of anilines is 1. The Morgan fingerprint density at radius 2 is 2.39 bits per heavy atom. The van der Waals surface area contributed by atoms with E-state index >= 15 is 0 Å². The second-order valence-corrected chi connectivity index (χ2v) is 4.75. The van der Waals surface area contributed by atoms with Crippen LogP contribution in [0.4, 0.5) is 5.69 Å². The summed E-state index contributed by atoms with van der Waals surface area (Å²) in [4.78, 5) is 12.0. The lowest BCUT2D eigenvalue weighted by molar-refractivity contribution is -0.120. The van der Waals surface area contributed by atoms with Gasteiger partial charge in [0.15, 0.2) is 0 Å². The van der Waals surface area contributed by atoms with Crippen LogP contribution in [0.15, 0.2) is 18.2 Å². The molecule has 1 atom stereocenters. The van der Waals surface area contributed by atoms with Crippen molar-refractivity contribution in [2.24, 2.45) is 5.92 Å². The lowest BCUT2D eigenvalue weighted by Gasteiger charge is -2.22. The molecule has 1 fully saturated rings. The first-order valence-electron chi connectivity index (χ1n) is 5.92. The summed E-state index contributed by atoms with van der Waals surface area (Å²) in [7, 11) is 0. The van der Waals surface area contributed by atoms with E-state index in [1.165, 1.54) is 0 Å². The van der Waals surface area contributed by atoms with E-state index in [-0.39, 0.29) is 11.8 Å². The fraction of sp³-hybridized carbons (Fsp3) is 0.385. The highest BCUT2D eigenvalue weighted by atomic mass is 35.5. The van der Waals surface area contributed by atoms with Crippen LogP contribution in [-0.4, -0.2) is 19.0 Å². The maximum atomic E-state index is 12.0. The predicted octanol–water partition coefficient (Wildman–Crippen LogP) is 2.15. The number of halogens is 1. The number of amides is 1. The maximum absolute atomic E-state index is 12.0. The molecule has 1 aliphatic rings. The van der Waals surface area contributed by atoms with E-state index in [4.69, 9.17) is 16.9 Å². The minimum absolute atomic E-state index is 0.0273. The minimum Gasteiger partial charge on any atom is -0.324 e. The number of hydrogen-bond donors (Lipinski definition) is 2. The van der Waals surface area contributed by atoms with Gasteiger partial charge in [0.05, 0.1) is 28.3 Å². The van der Waals surface area contributed by atoms with Crippen LogP contribution in [0.1, 0.15) is 18.4 Å². The van der Waals surface area contributed by atoms with Crippen LogP contribution in [-0.2, 0) is 4.79 Å². The van der Waals surface area contributed by atoms with E-state index in [2.05, 4.69) is 10.6 Å². The molecule has 2 rings (SSSR count). The van der Waals surface area contributed by atoms with Crippen LogP contribution in [0.2, 0.25) is 5.02 Å². The second kappa shape index (κ2) is 5.85. The largest absolute Gasteiger partial charge is 0.324 e. The fourth-order valence-electron chi connectivity index (χ4n) is 2.00. The third kappa shape index (κ3) is 3.00.